The minimum atomic E-state index is -0.164. The van der Waals surface area contributed by atoms with E-state index >= 15 is 0 Å². The van der Waals surface area contributed by atoms with Crippen molar-refractivity contribution in [3.8, 4) is 0 Å². The van der Waals surface area contributed by atoms with Gasteiger partial charge in [-0.3, -0.25) is 0 Å². The molecule has 1 aliphatic rings. The van der Waals surface area contributed by atoms with Crippen LogP contribution in [0.15, 0.2) is 53.0 Å². The van der Waals surface area contributed by atoms with Crippen LogP contribution in [0.2, 0.25) is 0 Å². The molecule has 0 amide bonds. The summed E-state index contributed by atoms with van der Waals surface area (Å²) in [6, 6.07) is 15.3. The molecule has 98 valence electrons. The lowest BCUT2D eigenvalue weighted by atomic mass is 9.99. The summed E-state index contributed by atoms with van der Waals surface area (Å²) >= 11 is 3.52. The Hall–Kier alpha value is -1.35. The molecule has 0 N–H and O–H groups in total. The van der Waals surface area contributed by atoms with Crippen molar-refractivity contribution >= 4 is 21.6 Å². The summed E-state index contributed by atoms with van der Waals surface area (Å²) in [5, 5.41) is 0. The fourth-order valence-corrected chi connectivity index (χ4v) is 3.12. The Morgan fingerprint density at radius 1 is 1.11 bits per heavy atom. The molecule has 0 bridgehead atoms. The van der Waals surface area contributed by atoms with Gasteiger partial charge in [0.1, 0.15) is 5.82 Å². The molecule has 0 aromatic heterocycles. The first kappa shape index (κ1) is 12.7. The highest BCUT2D eigenvalue weighted by Gasteiger charge is 2.24. The Morgan fingerprint density at radius 2 is 1.95 bits per heavy atom. The molecule has 1 fully saturated rings. The Kier molecular flexibility index (Phi) is 3.56. The van der Waals surface area contributed by atoms with Gasteiger partial charge in [0.25, 0.3) is 0 Å². The standard InChI is InChI=1S/C16H15BrFN/c17-14-4-1-3-12(9-14)13-7-8-19(11-13)16-6-2-5-15(18)10-16/h1-6,9-10,13H,7-8,11H2. The number of halogens is 2. The smallest absolute Gasteiger partial charge is 0.125 e. The maximum absolute atomic E-state index is 13.3. The molecule has 1 nitrogen and oxygen atoms in total. The van der Waals surface area contributed by atoms with Gasteiger partial charge in [0.15, 0.2) is 0 Å². The minimum Gasteiger partial charge on any atom is -0.371 e. The quantitative estimate of drug-likeness (QED) is 0.783. The van der Waals surface area contributed by atoms with Crippen LogP contribution in [0.1, 0.15) is 17.9 Å². The molecule has 1 saturated heterocycles. The fourth-order valence-electron chi connectivity index (χ4n) is 2.70. The van der Waals surface area contributed by atoms with Crippen molar-refractivity contribution < 1.29 is 4.39 Å². The van der Waals surface area contributed by atoms with Gasteiger partial charge in [-0.25, -0.2) is 4.39 Å². The van der Waals surface area contributed by atoms with E-state index in [4.69, 9.17) is 0 Å². The van der Waals surface area contributed by atoms with Crippen molar-refractivity contribution in [2.75, 3.05) is 18.0 Å². The van der Waals surface area contributed by atoms with E-state index in [9.17, 15) is 4.39 Å². The highest BCUT2D eigenvalue weighted by Crippen LogP contribution is 2.31. The van der Waals surface area contributed by atoms with Gasteiger partial charge in [-0.1, -0.05) is 34.1 Å². The average molecular weight is 320 g/mol. The molecule has 3 heteroatoms. The molecule has 0 radical (unpaired) electrons. The largest absolute Gasteiger partial charge is 0.371 e. The Morgan fingerprint density at radius 3 is 2.74 bits per heavy atom. The maximum atomic E-state index is 13.3. The van der Waals surface area contributed by atoms with Gasteiger partial charge in [-0.05, 0) is 42.3 Å². The molecule has 0 aliphatic carbocycles. The van der Waals surface area contributed by atoms with Gasteiger partial charge < -0.3 is 4.90 Å². The van der Waals surface area contributed by atoms with E-state index in [2.05, 4.69) is 39.0 Å². The number of rotatable bonds is 2. The van der Waals surface area contributed by atoms with Crippen LogP contribution in [0.4, 0.5) is 10.1 Å². The van der Waals surface area contributed by atoms with Crippen molar-refractivity contribution in [2.45, 2.75) is 12.3 Å². The third-order valence-electron chi connectivity index (χ3n) is 3.68. The van der Waals surface area contributed by atoms with Crippen LogP contribution in [0.5, 0.6) is 0 Å². The highest BCUT2D eigenvalue weighted by molar-refractivity contribution is 9.10. The molecule has 1 unspecified atom stereocenters. The van der Waals surface area contributed by atoms with E-state index in [0.29, 0.717) is 5.92 Å². The first-order valence-corrected chi connectivity index (χ1v) is 7.27. The van der Waals surface area contributed by atoms with Crippen molar-refractivity contribution in [2.24, 2.45) is 0 Å². The summed E-state index contributed by atoms with van der Waals surface area (Å²) in [4.78, 5) is 2.26. The summed E-state index contributed by atoms with van der Waals surface area (Å²) in [6.45, 7) is 1.94. The lowest BCUT2D eigenvalue weighted by Gasteiger charge is -2.19. The zero-order valence-corrected chi connectivity index (χ0v) is 12.1. The molecule has 2 aromatic rings. The van der Waals surface area contributed by atoms with Crippen LogP contribution in [0.3, 0.4) is 0 Å². The van der Waals surface area contributed by atoms with Crippen LogP contribution in [0.25, 0.3) is 0 Å². The molecular formula is C16H15BrFN. The zero-order chi connectivity index (χ0) is 13.2. The normalized spacial score (nSPS) is 18.8. The molecule has 1 heterocycles. The number of benzene rings is 2. The average Bonchev–Trinajstić information content (AvgIpc) is 2.88. The summed E-state index contributed by atoms with van der Waals surface area (Å²) in [5.74, 6) is 0.365. The highest BCUT2D eigenvalue weighted by atomic mass is 79.9. The zero-order valence-electron chi connectivity index (χ0n) is 10.5. The topological polar surface area (TPSA) is 3.24 Å². The summed E-state index contributed by atoms with van der Waals surface area (Å²) in [6.07, 6.45) is 1.12. The van der Waals surface area contributed by atoms with E-state index in [-0.39, 0.29) is 5.82 Å². The van der Waals surface area contributed by atoms with Crippen LogP contribution in [0, 0.1) is 5.82 Å². The van der Waals surface area contributed by atoms with Gasteiger partial charge >= 0.3 is 0 Å². The molecule has 3 rings (SSSR count). The van der Waals surface area contributed by atoms with Crippen molar-refractivity contribution in [3.05, 3.63) is 64.4 Å². The monoisotopic (exact) mass is 319 g/mol. The molecule has 0 saturated carbocycles. The molecule has 0 spiro atoms. The predicted octanol–water partition coefficient (Wildman–Crippen LogP) is 4.58. The SMILES string of the molecule is Fc1cccc(N2CCC(c3cccc(Br)c3)C2)c1. The second-order valence-corrected chi connectivity index (χ2v) is 5.88. The van der Waals surface area contributed by atoms with E-state index in [0.717, 1.165) is 29.7 Å². The second kappa shape index (κ2) is 5.33. The van der Waals surface area contributed by atoms with E-state index in [1.54, 1.807) is 12.1 Å². The summed E-state index contributed by atoms with van der Waals surface area (Å²) < 4.78 is 14.4. The predicted molar refractivity (Wildman–Crippen MR) is 80.1 cm³/mol. The number of hydrogen-bond acceptors (Lipinski definition) is 1. The van der Waals surface area contributed by atoms with Crippen molar-refractivity contribution in [3.63, 3.8) is 0 Å². The first-order chi connectivity index (χ1) is 9.22. The minimum absolute atomic E-state index is 0.164. The van der Waals surface area contributed by atoms with Crippen LogP contribution in [-0.4, -0.2) is 13.1 Å². The molecule has 2 aromatic carbocycles. The Bertz CT molecular complexity index is 533. The van der Waals surface area contributed by atoms with Crippen molar-refractivity contribution in [1.29, 1.82) is 0 Å². The summed E-state index contributed by atoms with van der Waals surface area (Å²) in [7, 11) is 0. The van der Waals surface area contributed by atoms with E-state index in [1.165, 1.54) is 11.6 Å². The van der Waals surface area contributed by atoms with Crippen LogP contribution in [-0.2, 0) is 0 Å². The number of anilines is 1. The number of hydrogen-bond donors (Lipinski definition) is 0. The lowest BCUT2D eigenvalue weighted by Crippen LogP contribution is -2.19. The Labute approximate surface area is 121 Å². The van der Waals surface area contributed by atoms with Gasteiger partial charge in [0.05, 0.1) is 0 Å². The number of nitrogens with zero attached hydrogens (tertiary/aromatic N) is 1. The molecule has 1 aliphatic heterocycles. The maximum Gasteiger partial charge on any atom is 0.125 e. The van der Waals surface area contributed by atoms with E-state index < -0.39 is 0 Å². The van der Waals surface area contributed by atoms with Gasteiger partial charge in [0.2, 0.25) is 0 Å². The van der Waals surface area contributed by atoms with Crippen molar-refractivity contribution in [1.82, 2.24) is 0 Å². The molecule has 1 atom stereocenters. The Balaban J connectivity index is 1.77. The van der Waals surface area contributed by atoms with Gasteiger partial charge in [-0.2, -0.15) is 0 Å². The fraction of sp³-hybridized carbons (Fsp3) is 0.250. The third kappa shape index (κ3) is 2.81. The summed E-state index contributed by atoms with van der Waals surface area (Å²) in [5.41, 5.74) is 2.34. The van der Waals surface area contributed by atoms with E-state index in [1.807, 2.05) is 12.1 Å². The van der Waals surface area contributed by atoms with Crippen LogP contribution >= 0.6 is 15.9 Å². The lowest BCUT2D eigenvalue weighted by molar-refractivity contribution is 0.627. The first-order valence-electron chi connectivity index (χ1n) is 6.48. The third-order valence-corrected chi connectivity index (χ3v) is 4.17. The van der Waals surface area contributed by atoms with Gasteiger partial charge in [0, 0.05) is 29.2 Å². The molecular weight excluding hydrogens is 305 g/mol. The van der Waals surface area contributed by atoms with Gasteiger partial charge in [-0.15, -0.1) is 0 Å². The van der Waals surface area contributed by atoms with Crippen LogP contribution < -0.4 is 4.90 Å². The molecule has 19 heavy (non-hydrogen) atoms. The second-order valence-electron chi connectivity index (χ2n) is 4.97.